The largest absolute Gasteiger partial charge is 2.00 e. The van der Waals surface area contributed by atoms with Gasteiger partial charge in [-0.05, 0) is 36.1 Å². The van der Waals surface area contributed by atoms with E-state index in [2.05, 4.69) is 13.5 Å². The van der Waals surface area contributed by atoms with E-state index in [-0.39, 0.29) is 29.1 Å². The topological polar surface area (TPSA) is 58.9 Å². The smallest absolute Gasteiger partial charge is 0.378 e. The maximum atomic E-state index is 12.6. The van der Waals surface area contributed by atoms with Crippen LogP contribution in [-0.2, 0) is 42.4 Å². The van der Waals surface area contributed by atoms with E-state index in [0.717, 1.165) is 0 Å². The summed E-state index contributed by atoms with van der Waals surface area (Å²) >= 11 is 0. The summed E-state index contributed by atoms with van der Waals surface area (Å²) in [5, 5.41) is 25.2. The third-order valence-corrected chi connectivity index (χ3v) is 6.78. The molecule has 1 aliphatic heterocycles. The Hall–Kier alpha value is -2.96. The molecule has 40 heavy (non-hydrogen) atoms. The molecule has 5 heteroatoms. The zero-order valence-electron chi connectivity index (χ0n) is 23.4. The molecule has 0 radical (unpaired) electrons. The van der Waals surface area contributed by atoms with Crippen LogP contribution in [0, 0.1) is 14.4 Å². The Balaban J connectivity index is 0.00000107. The van der Waals surface area contributed by atoms with Crippen LogP contribution in [0.2, 0.25) is 0 Å². The van der Waals surface area contributed by atoms with Crippen LogP contribution in [0.25, 0.3) is 0 Å². The molecule has 1 fully saturated rings. The van der Waals surface area contributed by atoms with Gasteiger partial charge in [0.2, 0.25) is 0 Å². The molecule has 0 amide bonds. The molecule has 0 aliphatic carbocycles. The molecule has 4 nitrogen and oxygen atoms in total. The summed E-state index contributed by atoms with van der Waals surface area (Å²) in [5.74, 6) is -1.05. The molecule has 4 aromatic rings. The Labute approximate surface area is 254 Å². The van der Waals surface area contributed by atoms with Gasteiger partial charge in [0.15, 0.2) is 5.79 Å². The van der Waals surface area contributed by atoms with Gasteiger partial charge in [-0.3, -0.25) is 0 Å². The zero-order valence-corrected chi connectivity index (χ0v) is 25.0. The summed E-state index contributed by atoms with van der Waals surface area (Å²) in [6.07, 6.45) is -0.375. The molecule has 0 unspecified atom stereocenters. The van der Waals surface area contributed by atoms with E-state index in [0.29, 0.717) is 22.3 Å². The zero-order chi connectivity index (χ0) is 27.2. The molecule has 2 atom stereocenters. The minimum absolute atomic E-state index is 0. The molecule has 1 heterocycles. The van der Waals surface area contributed by atoms with Gasteiger partial charge in [0.1, 0.15) is 23.4 Å². The van der Waals surface area contributed by atoms with Crippen molar-refractivity contribution < 1.29 is 41.4 Å². The van der Waals surface area contributed by atoms with Crippen molar-refractivity contribution in [2.24, 2.45) is 0 Å². The van der Waals surface area contributed by atoms with Gasteiger partial charge in [-0.25, -0.2) is 19.6 Å². The van der Waals surface area contributed by atoms with Crippen molar-refractivity contribution in [3.8, 4) is 0 Å². The molecule has 4 aromatic carbocycles. The van der Waals surface area contributed by atoms with Crippen LogP contribution in [0.1, 0.15) is 36.1 Å². The van der Waals surface area contributed by atoms with E-state index >= 15 is 0 Å². The SMILES string of the molecule is C=C[CH2-].CC1(C)O[C@@H](C(O)(c2ccccc2)c2ccccc2)[C@H](C(O)(c2ccccc2)c2ccccc2)O1.[CH3-].[Ti+2]. The Morgan fingerprint density at radius 2 is 0.825 bits per heavy atom. The van der Waals surface area contributed by atoms with Crippen molar-refractivity contribution in [2.75, 3.05) is 0 Å². The second kappa shape index (κ2) is 14.1. The Bertz CT molecular complexity index is 1120. The third-order valence-electron chi connectivity index (χ3n) is 6.78. The van der Waals surface area contributed by atoms with Crippen LogP contribution in [0.4, 0.5) is 0 Å². The van der Waals surface area contributed by atoms with E-state index in [1.54, 1.807) is 0 Å². The number of aliphatic hydroxyl groups is 2. The van der Waals surface area contributed by atoms with E-state index in [9.17, 15) is 10.2 Å². The summed E-state index contributed by atoms with van der Waals surface area (Å²) < 4.78 is 13.0. The first-order chi connectivity index (χ1) is 18.3. The van der Waals surface area contributed by atoms with E-state index in [4.69, 9.17) is 9.47 Å². The number of hydrogen-bond acceptors (Lipinski definition) is 4. The molecule has 0 saturated carbocycles. The molecular weight excluding hydrogens is 532 g/mol. The third kappa shape index (κ3) is 6.50. The van der Waals surface area contributed by atoms with Crippen LogP contribution in [-0.4, -0.2) is 28.2 Å². The fourth-order valence-electron chi connectivity index (χ4n) is 5.13. The number of hydrogen-bond donors (Lipinski definition) is 2. The van der Waals surface area contributed by atoms with Crippen molar-refractivity contribution in [2.45, 2.75) is 43.0 Å². The number of ether oxygens (including phenoxy) is 2. The Morgan fingerprint density at radius 1 is 0.625 bits per heavy atom. The molecule has 1 saturated heterocycles. The van der Waals surface area contributed by atoms with Crippen LogP contribution < -0.4 is 0 Å². The molecule has 0 spiro atoms. The van der Waals surface area contributed by atoms with Crippen molar-refractivity contribution in [3.63, 3.8) is 0 Å². The van der Waals surface area contributed by atoms with Crippen molar-refractivity contribution in [3.05, 3.63) is 171 Å². The van der Waals surface area contributed by atoms with Gasteiger partial charge in [-0.15, -0.1) is 0 Å². The summed E-state index contributed by atoms with van der Waals surface area (Å²) in [4.78, 5) is 0. The second-order valence-electron chi connectivity index (χ2n) is 9.76. The normalized spacial score (nSPS) is 17.8. The monoisotopic (exact) mass is 570 g/mol. The summed E-state index contributed by atoms with van der Waals surface area (Å²) in [6.45, 7) is 10.1. The minimum Gasteiger partial charge on any atom is -0.378 e. The van der Waals surface area contributed by atoms with Crippen molar-refractivity contribution in [1.82, 2.24) is 0 Å². The van der Waals surface area contributed by atoms with Gasteiger partial charge in [0.05, 0.1) is 0 Å². The predicted molar refractivity (Wildman–Crippen MR) is 158 cm³/mol. The average molecular weight is 571 g/mol. The standard InChI is InChI=1S/C31H30O4.C3H5.CH3.Ti/c1-29(2)34-27(30(32,23-15-7-3-8-16-23)24-17-9-4-10-18-24)28(35-29)31(33,25-19-11-5-12-20-25)26-21-13-6-14-22-26;1-3-2;;/h3-22,27-28,32-33H,1-2H3;3H,1-2H2;1H3;/q;2*-1;+2/t27-,28-;;;/m1.../s1. The van der Waals surface area contributed by atoms with E-state index < -0.39 is 29.2 Å². The van der Waals surface area contributed by atoms with Gasteiger partial charge in [-0.1, -0.05) is 121 Å². The maximum absolute atomic E-state index is 12.6. The summed E-state index contributed by atoms with van der Waals surface area (Å²) in [5.41, 5.74) is -0.564. The van der Waals surface area contributed by atoms with Gasteiger partial charge in [0.25, 0.3) is 0 Å². The predicted octanol–water partition coefficient (Wildman–Crippen LogP) is 6.83. The molecule has 0 aromatic heterocycles. The van der Waals surface area contributed by atoms with Gasteiger partial charge >= 0.3 is 21.7 Å². The molecule has 206 valence electrons. The van der Waals surface area contributed by atoms with Crippen molar-refractivity contribution >= 4 is 0 Å². The van der Waals surface area contributed by atoms with Crippen LogP contribution in [0.5, 0.6) is 0 Å². The molecule has 1 aliphatic rings. The summed E-state index contributed by atoms with van der Waals surface area (Å²) in [7, 11) is 0. The Kier molecular flexibility index (Phi) is 11.7. The van der Waals surface area contributed by atoms with Crippen LogP contribution in [0.3, 0.4) is 0 Å². The van der Waals surface area contributed by atoms with Gasteiger partial charge < -0.3 is 27.1 Å². The maximum Gasteiger partial charge on any atom is 2.00 e. The fraction of sp³-hybridized carbons (Fsp3) is 0.200. The number of rotatable bonds is 6. The first-order valence-corrected chi connectivity index (χ1v) is 12.7. The van der Waals surface area contributed by atoms with Gasteiger partial charge in [-0.2, -0.15) is 0 Å². The molecule has 5 rings (SSSR count). The second-order valence-corrected chi connectivity index (χ2v) is 9.76. The fourth-order valence-corrected chi connectivity index (χ4v) is 5.13. The molecule has 2 N–H and O–H groups in total. The number of benzene rings is 4. The van der Waals surface area contributed by atoms with E-state index in [1.807, 2.05) is 135 Å². The first kappa shape index (κ1) is 33.3. The quantitative estimate of drug-likeness (QED) is 0.197. The molecular formula is C35H38O4Ti. The first-order valence-electron chi connectivity index (χ1n) is 12.7. The molecule has 0 bridgehead atoms. The van der Waals surface area contributed by atoms with Crippen LogP contribution >= 0.6 is 0 Å². The summed E-state index contributed by atoms with van der Waals surface area (Å²) in [6, 6.07) is 37.8. The minimum atomic E-state index is -1.60. The number of allylic oxidation sites excluding steroid dienone is 1. The van der Waals surface area contributed by atoms with Crippen LogP contribution in [0.15, 0.2) is 134 Å². The van der Waals surface area contributed by atoms with Crippen molar-refractivity contribution in [1.29, 1.82) is 0 Å². The Morgan fingerprint density at radius 3 is 1.02 bits per heavy atom. The average Bonchev–Trinajstić information content (AvgIpc) is 3.30. The van der Waals surface area contributed by atoms with E-state index in [1.165, 1.54) is 6.08 Å². The van der Waals surface area contributed by atoms with Gasteiger partial charge in [0, 0.05) is 0 Å².